The van der Waals surface area contributed by atoms with Crippen molar-refractivity contribution in [2.45, 2.75) is 17.4 Å². The minimum atomic E-state index is -5.35. The summed E-state index contributed by atoms with van der Waals surface area (Å²) in [5.41, 5.74) is -3.97. The van der Waals surface area contributed by atoms with E-state index in [9.17, 15) is 39.6 Å². The lowest BCUT2D eigenvalue weighted by molar-refractivity contribution is -0.274. The Balaban J connectivity index is 2.04. The molecular formula is C18H10Cl2F6N4O5S. The molecule has 194 valence electrons. The van der Waals surface area contributed by atoms with Gasteiger partial charge < -0.3 is 9.47 Å². The lowest BCUT2D eigenvalue weighted by Gasteiger charge is -2.14. The van der Waals surface area contributed by atoms with Crippen molar-refractivity contribution in [3.63, 3.8) is 0 Å². The third kappa shape index (κ3) is 5.93. The average molecular weight is 579 g/mol. The van der Waals surface area contributed by atoms with Crippen molar-refractivity contribution in [1.82, 2.24) is 19.7 Å². The predicted octanol–water partition coefficient (Wildman–Crippen LogP) is 4.62. The average Bonchev–Trinajstić information content (AvgIpc) is 3.18. The van der Waals surface area contributed by atoms with Crippen LogP contribution in [0, 0.1) is 0 Å². The van der Waals surface area contributed by atoms with Gasteiger partial charge in [-0.1, -0.05) is 28.4 Å². The van der Waals surface area contributed by atoms with Crippen LogP contribution in [0.4, 0.5) is 26.3 Å². The van der Waals surface area contributed by atoms with Gasteiger partial charge in [-0.05, 0) is 30.3 Å². The van der Waals surface area contributed by atoms with Crippen molar-refractivity contribution in [2.24, 2.45) is 0 Å². The van der Waals surface area contributed by atoms with Gasteiger partial charge in [-0.3, -0.25) is 4.79 Å². The first-order valence-electron chi connectivity index (χ1n) is 9.03. The van der Waals surface area contributed by atoms with Crippen molar-refractivity contribution < 1.29 is 49.0 Å². The fourth-order valence-corrected chi connectivity index (χ4v) is 4.44. The molecule has 3 aromatic rings. The summed E-state index contributed by atoms with van der Waals surface area (Å²) in [6.45, 7) is 0. The van der Waals surface area contributed by atoms with Crippen LogP contribution in [-0.4, -0.2) is 42.8 Å². The number of sulfonamides is 1. The Hall–Kier alpha value is -3.24. The highest BCUT2D eigenvalue weighted by Crippen LogP contribution is 2.36. The van der Waals surface area contributed by atoms with Gasteiger partial charge in [0.2, 0.25) is 0 Å². The highest BCUT2D eigenvalue weighted by Gasteiger charge is 2.43. The van der Waals surface area contributed by atoms with Crippen LogP contribution in [0.3, 0.4) is 0 Å². The van der Waals surface area contributed by atoms with Crippen LogP contribution in [0.5, 0.6) is 11.5 Å². The lowest BCUT2D eigenvalue weighted by atomic mass is 10.2. The molecular weight excluding hydrogens is 569 g/mol. The van der Waals surface area contributed by atoms with Crippen molar-refractivity contribution in [3.8, 4) is 17.2 Å². The van der Waals surface area contributed by atoms with Crippen LogP contribution in [0.2, 0.25) is 10.0 Å². The number of aromatic nitrogens is 3. The van der Waals surface area contributed by atoms with Gasteiger partial charge in [0.25, 0.3) is 15.9 Å². The summed E-state index contributed by atoms with van der Waals surface area (Å²) in [6.07, 6.45) is -10.4. The Morgan fingerprint density at radius 2 is 1.72 bits per heavy atom. The van der Waals surface area contributed by atoms with Crippen molar-refractivity contribution in [3.05, 3.63) is 57.8 Å². The first-order valence-corrected chi connectivity index (χ1v) is 11.3. The van der Waals surface area contributed by atoms with E-state index in [0.29, 0.717) is 18.2 Å². The second-order valence-corrected chi connectivity index (χ2v) is 9.08. The number of amides is 1. The number of nitrogens with one attached hydrogen (secondary N) is 1. The smallest absolute Gasteiger partial charge is 0.495 e. The van der Waals surface area contributed by atoms with E-state index in [2.05, 4.69) is 15.0 Å². The van der Waals surface area contributed by atoms with Gasteiger partial charge in [-0.15, -0.1) is 18.3 Å². The molecule has 0 aliphatic heterocycles. The lowest BCUT2D eigenvalue weighted by Crippen LogP contribution is -2.33. The maximum Gasteiger partial charge on any atom is 0.573 e. The Morgan fingerprint density at radius 3 is 2.28 bits per heavy atom. The van der Waals surface area contributed by atoms with Crippen molar-refractivity contribution in [2.75, 3.05) is 7.11 Å². The van der Waals surface area contributed by atoms with Gasteiger partial charge in [-0.2, -0.15) is 13.2 Å². The van der Waals surface area contributed by atoms with Crippen LogP contribution < -0.4 is 14.2 Å². The van der Waals surface area contributed by atoms with E-state index in [1.165, 1.54) is 10.8 Å². The Labute approximate surface area is 207 Å². The second kappa shape index (κ2) is 9.67. The van der Waals surface area contributed by atoms with Crippen molar-refractivity contribution in [1.29, 1.82) is 0 Å². The third-order valence-corrected chi connectivity index (χ3v) is 6.07. The summed E-state index contributed by atoms with van der Waals surface area (Å²) >= 11 is 11.6. The molecule has 1 amide bonds. The molecule has 3 rings (SSSR count). The molecule has 0 unspecified atom stereocenters. The van der Waals surface area contributed by atoms with Crippen LogP contribution in [-0.2, 0) is 16.2 Å². The molecule has 0 radical (unpaired) electrons. The summed E-state index contributed by atoms with van der Waals surface area (Å²) in [7, 11) is -3.72. The van der Waals surface area contributed by atoms with Crippen molar-refractivity contribution >= 4 is 39.1 Å². The Morgan fingerprint density at radius 1 is 1.06 bits per heavy atom. The molecule has 0 fully saturated rings. The molecule has 0 spiro atoms. The minimum absolute atomic E-state index is 0.0151. The number of rotatable bonds is 6. The molecule has 1 heterocycles. The maximum absolute atomic E-state index is 13.9. The van der Waals surface area contributed by atoms with E-state index >= 15 is 0 Å². The maximum atomic E-state index is 13.9. The van der Waals surface area contributed by atoms with E-state index in [4.69, 9.17) is 27.9 Å². The van der Waals surface area contributed by atoms with Gasteiger partial charge >= 0.3 is 12.5 Å². The minimum Gasteiger partial charge on any atom is -0.495 e. The van der Waals surface area contributed by atoms with Crippen LogP contribution in [0.1, 0.15) is 16.2 Å². The number of alkyl halides is 6. The molecule has 0 bridgehead atoms. The van der Waals surface area contributed by atoms with Gasteiger partial charge in [0.15, 0.2) is 11.4 Å². The molecule has 0 atom stereocenters. The summed E-state index contributed by atoms with van der Waals surface area (Å²) in [5, 5.41) is 5.53. The fourth-order valence-electron chi connectivity index (χ4n) is 2.80. The quantitative estimate of drug-likeness (QED) is 0.425. The molecule has 0 aliphatic rings. The second-order valence-electron chi connectivity index (χ2n) is 6.59. The number of carbonyl (C=O) groups excluding carboxylic acids is 1. The largest absolute Gasteiger partial charge is 0.573 e. The third-order valence-electron chi connectivity index (χ3n) is 4.18. The summed E-state index contributed by atoms with van der Waals surface area (Å²) in [6, 6.07) is 5.20. The Bertz CT molecular complexity index is 1430. The highest BCUT2D eigenvalue weighted by atomic mass is 35.5. The zero-order valence-corrected chi connectivity index (χ0v) is 19.6. The number of halogens is 8. The summed E-state index contributed by atoms with van der Waals surface area (Å²) < 4.78 is 114. The van der Waals surface area contributed by atoms with E-state index in [-0.39, 0.29) is 15.5 Å². The zero-order chi connectivity index (χ0) is 27.1. The number of methoxy groups -OCH3 is 1. The van der Waals surface area contributed by atoms with Gasteiger partial charge in [0, 0.05) is 11.1 Å². The number of nitrogens with zero attached hydrogens (tertiary/aromatic N) is 3. The number of benzene rings is 2. The first kappa shape index (κ1) is 27.3. The Kier molecular flexibility index (Phi) is 7.34. The monoisotopic (exact) mass is 578 g/mol. The van der Waals surface area contributed by atoms with Gasteiger partial charge in [0.1, 0.15) is 16.4 Å². The molecule has 0 saturated carbocycles. The first-order chi connectivity index (χ1) is 16.5. The molecule has 0 saturated heterocycles. The molecule has 1 aromatic heterocycles. The predicted molar refractivity (Wildman–Crippen MR) is 111 cm³/mol. The number of ether oxygens (including phenoxy) is 2. The summed E-state index contributed by atoms with van der Waals surface area (Å²) in [4.78, 5) is 11.9. The normalized spacial score (nSPS) is 12.4. The zero-order valence-electron chi connectivity index (χ0n) is 17.3. The van der Waals surface area contributed by atoms with Gasteiger partial charge in [0.05, 0.1) is 17.8 Å². The van der Waals surface area contributed by atoms with Crippen LogP contribution >= 0.6 is 23.2 Å². The SMILES string of the molecule is COc1ccc(Cl)cc1S(=O)(=O)NC(=O)c1nnn(-c2ccc(OC(F)(F)F)cc2Cl)c1C(F)(F)F. The topological polar surface area (TPSA) is 112 Å². The summed E-state index contributed by atoms with van der Waals surface area (Å²) in [5.74, 6) is -2.94. The molecule has 0 aliphatic carbocycles. The number of hydrogen-bond donors (Lipinski definition) is 1. The molecule has 36 heavy (non-hydrogen) atoms. The molecule has 1 N–H and O–H groups in total. The molecule has 18 heteroatoms. The van der Waals surface area contributed by atoms with Crippen LogP contribution in [0.25, 0.3) is 5.69 Å². The van der Waals surface area contributed by atoms with Crippen LogP contribution in [0.15, 0.2) is 41.3 Å². The molecule has 9 nitrogen and oxygen atoms in total. The number of hydrogen-bond acceptors (Lipinski definition) is 7. The highest BCUT2D eigenvalue weighted by molar-refractivity contribution is 7.90. The van der Waals surface area contributed by atoms with E-state index in [1.54, 1.807) is 0 Å². The van der Waals surface area contributed by atoms with E-state index < -0.39 is 61.2 Å². The standard InChI is InChI=1S/C18H10Cl2F6N4O5S/c1-34-12-5-2-8(19)6-13(12)36(32,33)28-16(31)14-15(17(21,22)23)30(29-27-14)11-4-3-9(7-10(11)20)35-18(24,25)26/h2-7H,1H3,(H,28,31). The van der Waals surface area contributed by atoms with Gasteiger partial charge in [-0.25, -0.2) is 17.8 Å². The molecule has 2 aromatic carbocycles. The van der Waals surface area contributed by atoms with E-state index in [0.717, 1.165) is 19.2 Å². The van der Waals surface area contributed by atoms with E-state index in [1.807, 2.05) is 0 Å². The number of carbonyl (C=O) groups is 1. The fraction of sp³-hybridized carbons (Fsp3) is 0.167.